The SMILES string of the molecule is O=C(C(F)F)C1CCNCC1. The second-order valence-electron chi connectivity index (χ2n) is 2.73. The van der Waals surface area contributed by atoms with Crippen molar-refractivity contribution in [3.63, 3.8) is 0 Å². The van der Waals surface area contributed by atoms with E-state index in [1.165, 1.54) is 0 Å². The molecule has 1 rings (SSSR count). The molecule has 1 N–H and O–H groups in total. The van der Waals surface area contributed by atoms with E-state index in [4.69, 9.17) is 0 Å². The molecule has 0 saturated carbocycles. The molecule has 0 aliphatic carbocycles. The first-order valence-corrected chi connectivity index (χ1v) is 3.74. The lowest BCUT2D eigenvalue weighted by Crippen LogP contribution is -2.34. The highest BCUT2D eigenvalue weighted by Crippen LogP contribution is 2.16. The van der Waals surface area contributed by atoms with Crippen LogP contribution in [0.25, 0.3) is 0 Å². The minimum Gasteiger partial charge on any atom is -0.317 e. The van der Waals surface area contributed by atoms with Gasteiger partial charge < -0.3 is 5.32 Å². The minimum atomic E-state index is -2.78. The summed E-state index contributed by atoms with van der Waals surface area (Å²) in [6.45, 7) is 1.37. The number of alkyl halides is 2. The molecule has 0 radical (unpaired) electrons. The van der Waals surface area contributed by atoms with Gasteiger partial charge >= 0.3 is 0 Å². The lowest BCUT2D eigenvalue weighted by molar-refractivity contribution is -0.134. The molecule has 1 fully saturated rings. The summed E-state index contributed by atoms with van der Waals surface area (Å²) in [5, 5.41) is 3.01. The summed E-state index contributed by atoms with van der Waals surface area (Å²) in [6.07, 6.45) is -1.66. The van der Waals surface area contributed by atoms with Crippen LogP contribution >= 0.6 is 0 Å². The molecular weight excluding hydrogens is 152 g/mol. The van der Waals surface area contributed by atoms with E-state index in [9.17, 15) is 13.6 Å². The van der Waals surface area contributed by atoms with Crippen LogP contribution in [0, 0.1) is 5.92 Å². The van der Waals surface area contributed by atoms with Crippen molar-refractivity contribution in [3.8, 4) is 0 Å². The number of nitrogens with one attached hydrogen (secondary N) is 1. The van der Waals surface area contributed by atoms with Gasteiger partial charge in [-0.1, -0.05) is 0 Å². The average molecular weight is 163 g/mol. The highest BCUT2D eigenvalue weighted by Gasteiger charge is 2.27. The Labute approximate surface area is 64.0 Å². The second kappa shape index (κ2) is 3.76. The molecule has 0 aromatic carbocycles. The molecule has 0 unspecified atom stereocenters. The van der Waals surface area contributed by atoms with Crippen LogP contribution in [0.2, 0.25) is 0 Å². The van der Waals surface area contributed by atoms with Crippen LogP contribution in [0.5, 0.6) is 0 Å². The van der Waals surface area contributed by atoms with Crippen molar-refractivity contribution in [1.29, 1.82) is 0 Å². The predicted octanol–water partition coefficient (Wildman–Crippen LogP) is 0.820. The first-order valence-electron chi connectivity index (χ1n) is 3.74. The first-order chi connectivity index (χ1) is 5.22. The van der Waals surface area contributed by atoms with Crippen LogP contribution in [0.4, 0.5) is 8.78 Å². The van der Waals surface area contributed by atoms with Crippen molar-refractivity contribution in [2.75, 3.05) is 13.1 Å². The quantitative estimate of drug-likeness (QED) is 0.653. The fraction of sp³-hybridized carbons (Fsp3) is 0.857. The van der Waals surface area contributed by atoms with Gasteiger partial charge in [0.15, 0.2) is 0 Å². The molecule has 0 spiro atoms. The van der Waals surface area contributed by atoms with E-state index in [1.54, 1.807) is 0 Å². The predicted molar refractivity (Wildman–Crippen MR) is 36.6 cm³/mol. The largest absolute Gasteiger partial charge is 0.317 e. The van der Waals surface area contributed by atoms with E-state index in [1.807, 2.05) is 0 Å². The Kier molecular flexibility index (Phi) is 2.93. The molecule has 1 aliphatic rings. The lowest BCUT2D eigenvalue weighted by Gasteiger charge is -2.20. The average Bonchev–Trinajstić information content (AvgIpc) is 2.05. The number of hydrogen-bond acceptors (Lipinski definition) is 2. The van der Waals surface area contributed by atoms with Crippen LogP contribution < -0.4 is 5.32 Å². The zero-order chi connectivity index (χ0) is 8.27. The van der Waals surface area contributed by atoms with Crippen LogP contribution in [0.15, 0.2) is 0 Å². The van der Waals surface area contributed by atoms with Crippen LogP contribution in [0.1, 0.15) is 12.8 Å². The van der Waals surface area contributed by atoms with Crippen LogP contribution in [-0.2, 0) is 4.79 Å². The fourth-order valence-corrected chi connectivity index (χ4v) is 1.28. The maximum absolute atomic E-state index is 11.8. The molecule has 4 heteroatoms. The van der Waals surface area contributed by atoms with Gasteiger partial charge in [0.05, 0.1) is 0 Å². The summed E-state index contributed by atoms with van der Waals surface area (Å²) in [4.78, 5) is 10.7. The van der Waals surface area contributed by atoms with Crippen molar-refractivity contribution in [2.45, 2.75) is 19.3 Å². The number of carbonyl (C=O) groups excluding carboxylic acids is 1. The highest BCUT2D eigenvalue weighted by atomic mass is 19.3. The molecule has 64 valence electrons. The van der Waals surface area contributed by atoms with Gasteiger partial charge in [-0.2, -0.15) is 0 Å². The molecule has 11 heavy (non-hydrogen) atoms. The van der Waals surface area contributed by atoms with Gasteiger partial charge in [0, 0.05) is 5.92 Å². The first kappa shape index (κ1) is 8.59. The molecule has 0 aromatic rings. The molecule has 0 bridgehead atoms. The Balaban J connectivity index is 2.39. The number of halogens is 2. The zero-order valence-electron chi connectivity index (χ0n) is 6.15. The van der Waals surface area contributed by atoms with Crippen molar-refractivity contribution >= 4 is 5.78 Å². The Morgan fingerprint density at radius 1 is 1.36 bits per heavy atom. The summed E-state index contributed by atoms with van der Waals surface area (Å²) in [5.74, 6) is -1.29. The lowest BCUT2D eigenvalue weighted by atomic mass is 9.94. The van der Waals surface area contributed by atoms with E-state index >= 15 is 0 Å². The van der Waals surface area contributed by atoms with E-state index < -0.39 is 18.1 Å². The van der Waals surface area contributed by atoms with Gasteiger partial charge in [-0.15, -0.1) is 0 Å². The zero-order valence-corrected chi connectivity index (χ0v) is 6.15. The van der Waals surface area contributed by atoms with Gasteiger partial charge in [0.25, 0.3) is 6.43 Å². The second-order valence-corrected chi connectivity index (χ2v) is 2.73. The Bertz CT molecular complexity index is 143. The molecule has 0 aromatic heterocycles. The maximum atomic E-state index is 11.8. The third kappa shape index (κ3) is 2.22. The van der Waals surface area contributed by atoms with Gasteiger partial charge in [-0.05, 0) is 25.9 Å². The fourth-order valence-electron chi connectivity index (χ4n) is 1.28. The Hall–Kier alpha value is -0.510. The third-order valence-corrected chi connectivity index (χ3v) is 1.96. The Morgan fingerprint density at radius 3 is 2.36 bits per heavy atom. The number of piperidine rings is 1. The van der Waals surface area contributed by atoms with E-state index in [0.717, 1.165) is 0 Å². The van der Waals surface area contributed by atoms with E-state index in [0.29, 0.717) is 25.9 Å². The van der Waals surface area contributed by atoms with Crippen molar-refractivity contribution in [2.24, 2.45) is 5.92 Å². The molecular formula is C7H11F2NO. The van der Waals surface area contributed by atoms with Crippen molar-refractivity contribution < 1.29 is 13.6 Å². The van der Waals surface area contributed by atoms with Crippen LogP contribution in [0.3, 0.4) is 0 Å². The maximum Gasteiger partial charge on any atom is 0.296 e. The normalized spacial score (nSPS) is 20.6. The molecule has 1 heterocycles. The van der Waals surface area contributed by atoms with Crippen LogP contribution in [-0.4, -0.2) is 25.3 Å². The van der Waals surface area contributed by atoms with E-state index in [-0.39, 0.29) is 0 Å². The third-order valence-electron chi connectivity index (χ3n) is 1.96. The van der Waals surface area contributed by atoms with Gasteiger partial charge in [0.2, 0.25) is 5.78 Å². The molecule has 0 atom stereocenters. The number of carbonyl (C=O) groups is 1. The summed E-state index contributed by atoms with van der Waals surface area (Å²) >= 11 is 0. The van der Waals surface area contributed by atoms with Crippen molar-refractivity contribution in [3.05, 3.63) is 0 Å². The summed E-state index contributed by atoms with van der Waals surface area (Å²) < 4.78 is 23.7. The smallest absolute Gasteiger partial charge is 0.296 e. The number of rotatable bonds is 2. The van der Waals surface area contributed by atoms with Gasteiger partial charge in [-0.25, -0.2) is 8.78 Å². The number of Topliss-reactive ketones (excluding diaryl/α,β-unsaturated/α-hetero) is 1. The Morgan fingerprint density at radius 2 is 1.91 bits per heavy atom. The minimum absolute atomic E-state index is 0.406. The van der Waals surface area contributed by atoms with Gasteiger partial charge in [-0.3, -0.25) is 4.79 Å². The monoisotopic (exact) mass is 163 g/mol. The number of ketones is 1. The molecule has 1 aliphatic heterocycles. The molecule has 0 amide bonds. The number of hydrogen-bond donors (Lipinski definition) is 1. The molecule has 1 saturated heterocycles. The van der Waals surface area contributed by atoms with Crippen molar-refractivity contribution in [1.82, 2.24) is 5.32 Å². The standard InChI is InChI=1S/C7H11F2NO/c8-7(9)6(11)5-1-3-10-4-2-5/h5,7,10H,1-4H2. The topological polar surface area (TPSA) is 29.1 Å². The summed E-state index contributed by atoms with van der Waals surface area (Å²) in [7, 11) is 0. The molecule has 2 nitrogen and oxygen atoms in total. The highest BCUT2D eigenvalue weighted by molar-refractivity contribution is 5.84. The summed E-state index contributed by atoms with van der Waals surface area (Å²) in [5.41, 5.74) is 0. The van der Waals surface area contributed by atoms with Gasteiger partial charge in [0.1, 0.15) is 0 Å². The van der Waals surface area contributed by atoms with E-state index in [2.05, 4.69) is 5.32 Å². The summed E-state index contributed by atoms with van der Waals surface area (Å²) in [6, 6.07) is 0.